The van der Waals surface area contributed by atoms with Crippen LogP contribution in [-0.4, -0.2) is 43.8 Å². The number of carbonyl (C=O) groups is 1. The number of nitriles is 1. The van der Waals surface area contributed by atoms with Gasteiger partial charge in [0, 0.05) is 30.3 Å². The molecule has 1 aliphatic rings. The Morgan fingerprint density at radius 2 is 1.89 bits per heavy atom. The lowest BCUT2D eigenvalue weighted by molar-refractivity contribution is 0.0168. The van der Waals surface area contributed by atoms with Crippen molar-refractivity contribution in [2.24, 2.45) is 0 Å². The number of nitrogens with zero attached hydrogens (tertiary/aromatic N) is 2. The molecule has 140 valence electrons. The normalized spacial score (nSPS) is 15.6. The quantitative estimate of drug-likeness (QED) is 0.828. The average molecular weight is 385 g/mol. The molecule has 0 saturated carbocycles. The Hall–Kier alpha value is -2.59. The van der Waals surface area contributed by atoms with Crippen molar-refractivity contribution < 1.29 is 9.53 Å². The highest BCUT2D eigenvalue weighted by Gasteiger charge is 2.24. The van der Waals surface area contributed by atoms with E-state index in [2.05, 4.69) is 21.6 Å². The van der Waals surface area contributed by atoms with E-state index < -0.39 is 0 Å². The van der Waals surface area contributed by atoms with E-state index in [-0.39, 0.29) is 12.1 Å². The zero-order chi connectivity index (χ0) is 19.1. The number of carbonyl (C=O) groups excluding carboxylic acids is 1. The maximum Gasteiger partial charge on any atom is 0.319 e. The Kier molecular flexibility index (Phi) is 6.66. The van der Waals surface area contributed by atoms with E-state index in [1.165, 1.54) is 0 Å². The number of hydrogen-bond acceptors (Lipinski definition) is 4. The molecule has 27 heavy (non-hydrogen) atoms. The Balaban J connectivity index is 1.65. The largest absolute Gasteiger partial charge is 0.379 e. The molecule has 0 radical (unpaired) electrons. The van der Waals surface area contributed by atoms with Gasteiger partial charge in [0.25, 0.3) is 0 Å². The van der Waals surface area contributed by atoms with Crippen molar-refractivity contribution in [1.29, 1.82) is 5.26 Å². The molecular weight excluding hydrogens is 364 g/mol. The van der Waals surface area contributed by atoms with Gasteiger partial charge in [-0.25, -0.2) is 4.79 Å². The highest BCUT2D eigenvalue weighted by molar-refractivity contribution is 6.31. The Morgan fingerprint density at radius 1 is 1.19 bits per heavy atom. The molecule has 1 fully saturated rings. The van der Waals surface area contributed by atoms with Gasteiger partial charge in [-0.2, -0.15) is 5.26 Å². The van der Waals surface area contributed by atoms with Crippen LogP contribution in [0.4, 0.5) is 10.5 Å². The maximum absolute atomic E-state index is 12.3. The molecule has 1 heterocycles. The van der Waals surface area contributed by atoms with E-state index >= 15 is 0 Å². The number of halogens is 1. The summed E-state index contributed by atoms with van der Waals surface area (Å²) >= 11 is 6.40. The summed E-state index contributed by atoms with van der Waals surface area (Å²) in [6.45, 7) is 3.33. The van der Waals surface area contributed by atoms with E-state index in [0.717, 1.165) is 18.7 Å². The molecule has 1 atom stereocenters. The van der Waals surface area contributed by atoms with Crippen molar-refractivity contribution in [3.8, 4) is 6.07 Å². The first-order valence-corrected chi connectivity index (χ1v) is 9.16. The van der Waals surface area contributed by atoms with Crippen molar-refractivity contribution in [3.63, 3.8) is 0 Å². The highest BCUT2D eigenvalue weighted by atomic mass is 35.5. The molecular formula is C20H21ClN4O2. The molecule has 2 amide bonds. The number of amides is 2. The molecule has 2 aromatic carbocycles. The van der Waals surface area contributed by atoms with Crippen LogP contribution in [0.1, 0.15) is 17.2 Å². The van der Waals surface area contributed by atoms with Crippen molar-refractivity contribution in [2.75, 3.05) is 38.2 Å². The van der Waals surface area contributed by atoms with Gasteiger partial charge in [0.15, 0.2) is 0 Å². The molecule has 1 aliphatic heterocycles. The van der Waals surface area contributed by atoms with Crippen LogP contribution in [0.3, 0.4) is 0 Å². The van der Waals surface area contributed by atoms with Crippen LogP contribution in [0.25, 0.3) is 0 Å². The fraction of sp³-hybridized carbons (Fsp3) is 0.300. The van der Waals surface area contributed by atoms with Gasteiger partial charge in [-0.1, -0.05) is 29.8 Å². The predicted octanol–water partition coefficient (Wildman–Crippen LogP) is 3.41. The van der Waals surface area contributed by atoms with Crippen LogP contribution < -0.4 is 10.6 Å². The van der Waals surface area contributed by atoms with Gasteiger partial charge in [-0.15, -0.1) is 0 Å². The monoisotopic (exact) mass is 384 g/mol. The van der Waals surface area contributed by atoms with Crippen LogP contribution >= 0.6 is 11.6 Å². The summed E-state index contributed by atoms with van der Waals surface area (Å²) in [7, 11) is 0. The number of hydrogen-bond donors (Lipinski definition) is 2. The summed E-state index contributed by atoms with van der Waals surface area (Å²) in [5, 5.41) is 15.2. The Bertz CT molecular complexity index is 813. The zero-order valence-corrected chi connectivity index (χ0v) is 15.6. The number of nitrogens with one attached hydrogen (secondary N) is 2. The summed E-state index contributed by atoms with van der Waals surface area (Å²) in [4.78, 5) is 14.6. The highest BCUT2D eigenvalue weighted by Crippen LogP contribution is 2.27. The van der Waals surface area contributed by atoms with Crippen LogP contribution in [0, 0.1) is 11.3 Å². The van der Waals surface area contributed by atoms with Gasteiger partial charge >= 0.3 is 6.03 Å². The summed E-state index contributed by atoms with van der Waals surface area (Å²) in [5.41, 5.74) is 2.17. The summed E-state index contributed by atoms with van der Waals surface area (Å²) in [6, 6.07) is 16.1. The van der Waals surface area contributed by atoms with Crippen LogP contribution in [0.15, 0.2) is 48.5 Å². The number of urea groups is 1. The Labute approximate surface area is 163 Å². The summed E-state index contributed by atoms with van der Waals surface area (Å²) in [5.74, 6) is 0. The van der Waals surface area contributed by atoms with Gasteiger partial charge in [-0.05, 0) is 35.9 Å². The predicted molar refractivity (Wildman–Crippen MR) is 105 cm³/mol. The average Bonchev–Trinajstić information content (AvgIpc) is 2.71. The summed E-state index contributed by atoms with van der Waals surface area (Å²) < 4.78 is 5.44. The van der Waals surface area contributed by atoms with E-state index in [0.29, 0.717) is 36.0 Å². The van der Waals surface area contributed by atoms with Crippen molar-refractivity contribution >= 4 is 23.3 Å². The lowest BCUT2D eigenvalue weighted by Gasteiger charge is -2.35. The molecule has 2 N–H and O–H groups in total. The van der Waals surface area contributed by atoms with Crippen LogP contribution in [0.5, 0.6) is 0 Å². The van der Waals surface area contributed by atoms with Gasteiger partial charge in [-0.3, -0.25) is 4.90 Å². The van der Waals surface area contributed by atoms with E-state index in [4.69, 9.17) is 21.6 Å². The van der Waals surface area contributed by atoms with Gasteiger partial charge in [0.1, 0.15) is 0 Å². The standard InChI is InChI=1S/C20H21ClN4O2/c21-18-4-2-1-3-17(18)19(25-9-11-27-12-10-25)14-23-20(26)24-16-7-5-15(13-22)6-8-16/h1-8,19H,9-12,14H2,(H2,23,24,26). The van der Waals surface area contributed by atoms with Crippen molar-refractivity contribution in [1.82, 2.24) is 10.2 Å². The lowest BCUT2D eigenvalue weighted by atomic mass is 10.0. The molecule has 2 aromatic rings. The van der Waals surface area contributed by atoms with Gasteiger partial charge < -0.3 is 15.4 Å². The molecule has 0 spiro atoms. The van der Waals surface area contributed by atoms with Crippen molar-refractivity contribution in [2.45, 2.75) is 6.04 Å². The second kappa shape index (κ2) is 9.38. The smallest absolute Gasteiger partial charge is 0.319 e. The first-order chi connectivity index (χ1) is 13.2. The second-order valence-electron chi connectivity index (χ2n) is 6.21. The first-order valence-electron chi connectivity index (χ1n) is 8.78. The molecule has 1 unspecified atom stereocenters. The molecule has 7 heteroatoms. The molecule has 6 nitrogen and oxygen atoms in total. The number of ether oxygens (including phenoxy) is 1. The molecule has 1 saturated heterocycles. The number of benzene rings is 2. The minimum Gasteiger partial charge on any atom is -0.379 e. The number of anilines is 1. The number of rotatable bonds is 5. The maximum atomic E-state index is 12.3. The molecule has 0 aromatic heterocycles. The topological polar surface area (TPSA) is 77.4 Å². The van der Waals surface area contributed by atoms with Crippen LogP contribution in [0.2, 0.25) is 5.02 Å². The fourth-order valence-electron chi connectivity index (χ4n) is 3.06. The third kappa shape index (κ3) is 5.20. The van der Waals surface area contributed by atoms with Gasteiger partial charge in [0.05, 0.1) is 30.9 Å². The van der Waals surface area contributed by atoms with E-state index in [1.54, 1.807) is 24.3 Å². The fourth-order valence-corrected chi connectivity index (χ4v) is 3.32. The van der Waals surface area contributed by atoms with Gasteiger partial charge in [0.2, 0.25) is 0 Å². The number of morpholine rings is 1. The third-order valence-electron chi connectivity index (χ3n) is 4.48. The second-order valence-corrected chi connectivity index (χ2v) is 6.62. The van der Waals surface area contributed by atoms with E-state index in [1.807, 2.05) is 24.3 Å². The third-order valence-corrected chi connectivity index (χ3v) is 4.82. The SMILES string of the molecule is N#Cc1ccc(NC(=O)NCC(c2ccccc2Cl)N2CCOCC2)cc1. The minimum atomic E-state index is -0.301. The lowest BCUT2D eigenvalue weighted by Crippen LogP contribution is -2.44. The Morgan fingerprint density at radius 3 is 2.56 bits per heavy atom. The molecule has 0 bridgehead atoms. The van der Waals surface area contributed by atoms with Crippen LogP contribution in [-0.2, 0) is 4.74 Å². The molecule has 0 aliphatic carbocycles. The first kappa shape index (κ1) is 19.2. The molecule has 3 rings (SSSR count). The van der Waals surface area contributed by atoms with E-state index in [9.17, 15) is 4.79 Å². The minimum absolute atomic E-state index is 0.0330. The summed E-state index contributed by atoms with van der Waals surface area (Å²) in [6.07, 6.45) is 0. The van der Waals surface area contributed by atoms with Crippen molar-refractivity contribution in [3.05, 3.63) is 64.7 Å². The zero-order valence-electron chi connectivity index (χ0n) is 14.8.